The van der Waals surface area contributed by atoms with Crippen LogP contribution in [0.5, 0.6) is 0 Å². The molecule has 8 heteroatoms. The van der Waals surface area contributed by atoms with Gasteiger partial charge >= 0.3 is 23.9 Å². The fraction of sp³-hybridized carbons (Fsp3) is 0.250. The van der Waals surface area contributed by atoms with E-state index in [1.165, 1.54) is 24.3 Å². The highest BCUT2D eigenvalue weighted by Crippen LogP contribution is 2.07. The number of carbonyl (C=O) groups excluding carboxylic acids is 2. The summed E-state index contributed by atoms with van der Waals surface area (Å²) in [6.07, 6.45) is 2.09. The number of rotatable bonds is 6. The molecule has 0 unspecified atom stereocenters. The summed E-state index contributed by atoms with van der Waals surface area (Å²) in [6.45, 7) is 3.98. The van der Waals surface area contributed by atoms with Crippen LogP contribution < -0.4 is 0 Å². The molecule has 0 saturated carbocycles. The van der Waals surface area contributed by atoms with Crippen LogP contribution in [0.25, 0.3) is 0 Å². The molecule has 1 rings (SSSR count). The number of hydrogen-bond acceptors (Lipinski definition) is 6. The number of carboxylic acids is 2. The lowest BCUT2D eigenvalue weighted by Crippen LogP contribution is -2.06. The van der Waals surface area contributed by atoms with Gasteiger partial charge in [-0.1, -0.05) is 12.1 Å². The average Bonchev–Trinajstić information content (AvgIpc) is 2.54. The molecule has 0 heterocycles. The minimum Gasteiger partial charge on any atom is -0.478 e. The Morgan fingerprint density at radius 3 is 1.42 bits per heavy atom. The van der Waals surface area contributed by atoms with Crippen molar-refractivity contribution in [2.24, 2.45) is 0 Å². The summed E-state index contributed by atoms with van der Waals surface area (Å²) in [6, 6.07) is 5.48. The van der Waals surface area contributed by atoms with Gasteiger partial charge in [0.2, 0.25) is 0 Å². The van der Waals surface area contributed by atoms with Crippen LogP contribution in [0, 0.1) is 0 Å². The molecule has 2 N–H and O–H groups in total. The highest BCUT2D eigenvalue weighted by Gasteiger charge is 2.13. The molecule has 0 spiro atoms. The molecule has 1 aromatic carbocycles. The third-order valence-electron chi connectivity index (χ3n) is 2.32. The van der Waals surface area contributed by atoms with Gasteiger partial charge in [0.1, 0.15) is 0 Å². The molecule has 0 radical (unpaired) electrons. The Kier molecular flexibility index (Phi) is 9.91. The lowest BCUT2D eigenvalue weighted by atomic mass is 10.1. The van der Waals surface area contributed by atoms with Crippen molar-refractivity contribution in [2.45, 2.75) is 13.8 Å². The van der Waals surface area contributed by atoms with Crippen LogP contribution in [0.4, 0.5) is 0 Å². The van der Waals surface area contributed by atoms with Gasteiger partial charge in [0.05, 0.1) is 24.3 Å². The molecule has 0 saturated heterocycles. The van der Waals surface area contributed by atoms with Crippen molar-refractivity contribution in [1.82, 2.24) is 0 Å². The monoisotopic (exact) mass is 338 g/mol. The molecule has 0 amide bonds. The Hall–Kier alpha value is -3.16. The summed E-state index contributed by atoms with van der Waals surface area (Å²) in [5, 5.41) is 17.1. The maximum atomic E-state index is 10.6. The number of esters is 2. The number of aromatic carboxylic acids is 2. The second-order valence-electron chi connectivity index (χ2n) is 3.99. The second-order valence-corrected chi connectivity index (χ2v) is 3.99. The van der Waals surface area contributed by atoms with Crippen molar-refractivity contribution in [3.05, 3.63) is 47.5 Å². The number of ether oxygens (including phenoxy) is 2. The second kappa shape index (κ2) is 11.4. The van der Waals surface area contributed by atoms with Crippen LogP contribution in [0.3, 0.4) is 0 Å². The third-order valence-corrected chi connectivity index (χ3v) is 2.32. The summed E-state index contributed by atoms with van der Waals surface area (Å²) in [5.41, 5.74) is -0.380. The zero-order valence-electron chi connectivity index (χ0n) is 13.2. The predicted molar refractivity (Wildman–Crippen MR) is 82.8 cm³/mol. The Labute approximate surface area is 138 Å². The zero-order valence-corrected chi connectivity index (χ0v) is 13.2. The molecule has 8 nitrogen and oxygen atoms in total. The summed E-state index contributed by atoms with van der Waals surface area (Å²) in [7, 11) is 0. The van der Waals surface area contributed by atoms with Crippen molar-refractivity contribution < 1.29 is 38.9 Å². The number of hydrogen-bond donors (Lipinski definition) is 2. The van der Waals surface area contributed by atoms with Gasteiger partial charge in [0.15, 0.2) is 0 Å². The predicted octanol–water partition coefficient (Wildman–Crippen LogP) is 1.75. The van der Waals surface area contributed by atoms with Crippen LogP contribution >= 0.6 is 0 Å². The molecule has 0 bridgehead atoms. The van der Waals surface area contributed by atoms with E-state index in [0.29, 0.717) is 13.2 Å². The van der Waals surface area contributed by atoms with Crippen LogP contribution in [0.1, 0.15) is 34.6 Å². The van der Waals surface area contributed by atoms with Gasteiger partial charge in [0, 0.05) is 12.2 Å². The average molecular weight is 338 g/mol. The van der Waals surface area contributed by atoms with Gasteiger partial charge in [-0.25, -0.2) is 19.2 Å². The fourth-order valence-electron chi connectivity index (χ4n) is 1.37. The van der Waals surface area contributed by atoms with Gasteiger partial charge in [0.25, 0.3) is 0 Å². The van der Waals surface area contributed by atoms with Crippen molar-refractivity contribution in [3.8, 4) is 0 Å². The first-order chi connectivity index (χ1) is 11.3. The van der Waals surface area contributed by atoms with Crippen molar-refractivity contribution in [3.63, 3.8) is 0 Å². The smallest absolute Gasteiger partial charge is 0.336 e. The van der Waals surface area contributed by atoms with Gasteiger partial charge in [-0.3, -0.25) is 0 Å². The normalized spacial score (nSPS) is 9.58. The molecular formula is C16H18O8. The van der Waals surface area contributed by atoms with E-state index >= 15 is 0 Å². The highest BCUT2D eigenvalue weighted by molar-refractivity contribution is 6.01. The summed E-state index contributed by atoms with van der Waals surface area (Å²) in [4.78, 5) is 42.2. The van der Waals surface area contributed by atoms with E-state index in [0.717, 1.165) is 12.2 Å². The van der Waals surface area contributed by atoms with E-state index in [-0.39, 0.29) is 11.1 Å². The van der Waals surface area contributed by atoms with Crippen LogP contribution in [0.2, 0.25) is 0 Å². The molecule has 1 aromatic rings. The fourth-order valence-corrected chi connectivity index (χ4v) is 1.37. The van der Waals surface area contributed by atoms with E-state index in [4.69, 9.17) is 10.2 Å². The summed E-state index contributed by atoms with van der Waals surface area (Å²) in [5.74, 6) is -3.53. The SMILES string of the molecule is CCOC(=O)/C=C\C(=O)OCC.O=C(O)c1ccccc1C(=O)O. The standard InChI is InChI=1S/C8H6O4.C8H12O4/c9-7(10)5-3-1-2-4-6(5)8(11)12;1-3-11-7(9)5-6-8(10)12-4-2/h1-4H,(H,9,10)(H,11,12);5-6H,3-4H2,1-2H3/b;6-5-. The van der Waals surface area contributed by atoms with Gasteiger partial charge in [-0.2, -0.15) is 0 Å². The van der Waals surface area contributed by atoms with Crippen molar-refractivity contribution in [2.75, 3.05) is 13.2 Å². The molecule has 24 heavy (non-hydrogen) atoms. The maximum Gasteiger partial charge on any atom is 0.336 e. The van der Waals surface area contributed by atoms with E-state index in [1.54, 1.807) is 13.8 Å². The molecule has 0 aliphatic carbocycles. The van der Waals surface area contributed by atoms with Crippen LogP contribution in [-0.4, -0.2) is 47.3 Å². The van der Waals surface area contributed by atoms with Gasteiger partial charge in [-0.05, 0) is 26.0 Å². The maximum absolute atomic E-state index is 10.6. The molecule has 0 aliphatic heterocycles. The highest BCUT2D eigenvalue weighted by atomic mass is 16.5. The zero-order chi connectivity index (χ0) is 18.5. The topological polar surface area (TPSA) is 127 Å². The van der Waals surface area contributed by atoms with E-state index < -0.39 is 23.9 Å². The first-order valence-electron chi connectivity index (χ1n) is 6.90. The quantitative estimate of drug-likeness (QED) is 0.593. The van der Waals surface area contributed by atoms with E-state index in [1.807, 2.05) is 0 Å². The minimum absolute atomic E-state index is 0.190. The first-order valence-corrected chi connectivity index (χ1v) is 6.90. The van der Waals surface area contributed by atoms with Crippen molar-refractivity contribution >= 4 is 23.9 Å². The molecular weight excluding hydrogens is 320 g/mol. The molecule has 0 atom stereocenters. The summed E-state index contributed by atoms with van der Waals surface area (Å²) >= 11 is 0. The minimum atomic E-state index is -1.23. The summed E-state index contributed by atoms with van der Waals surface area (Å²) < 4.78 is 9.07. The Balaban J connectivity index is 0.000000441. The largest absolute Gasteiger partial charge is 0.478 e. The number of carboxylic acid groups (broad SMARTS) is 2. The Morgan fingerprint density at radius 2 is 1.17 bits per heavy atom. The van der Waals surface area contributed by atoms with Gasteiger partial charge < -0.3 is 19.7 Å². The van der Waals surface area contributed by atoms with Crippen LogP contribution in [-0.2, 0) is 19.1 Å². The van der Waals surface area contributed by atoms with E-state index in [2.05, 4.69) is 9.47 Å². The van der Waals surface area contributed by atoms with Crippen LogP contribution in [0.15, 0.2) is 36.4 Å². The van der Waals surface area contributed by atoms with Crippen molar-refractivity contribution in [1.29, 1.82) is 0 Å². The lowest BCUT2D eigenvalue weighted by Gasteiger charge is -1.98. The molecule has 0 aromatic heterocycles. The number of carbonyl (C=O) groups is 4. The van der Waals surface area contributed by atoms with E-state index in [9.17, 15) is 19.2 Å². The Bertz CT molecular complexity index is 565. The molecule has 0 aliphatic rings. The number of benzene rings is 1. The first kappa shape index (κ1) is 20.8. The Morgan fingerprint density at radius 1 is 0.833 bits per heavy atom. The molecule has 0 fully saturated rings. The van der Waals surface area contributed by atoms with Gasteiger partial charge in [-0.15, -0.1) is 0 Å². The third kappa shape index (κ3) is 8.32. The molecule has 130 valence electrons. The lowest BCUT2D eigenvalue weighted by molar-refractivity contribution is -0.140.